The molecular weight excluding hydrogens is 274 g/mol. The Kier molecular flexibility index (Phi) is 4.45. The molecule has 106 valence electrons. The van der Waals surface area contributed by atoms with E-state index in [9.17, 15) is 0 Å². The van der Waals surface area contributed by atoms with Crippen LogP contribution >= 0.6 is 11.6 Å². The smallest absolute Gasteiger partial charge is 0.155 e. The number of benzene rings is 1. The molecular formula is C15H18ClN3O. The molecule has 4 nitrogen and oxygen atoms in total. The SMILES string of the molecule is COc1ccc(C(C)Nc2nnc(Cl)c(C)c2C)cc1. The van der Waals surface area contributed by atoms with Crippen LogP contribution in [0.2, 0.25) is 5.15 Å². The maximum absolute atomic E-state index is 5.96. The van der Waals surface area contributed by atoms with Crippen LogP contribution in [0.15, 0.2) is 24.3 Å². The minimum absolute atomic E-state index is 0.120. The van der Waals surface area contributed by atoms with E-state index in [0.717, 1.165) is 28.3 Å². The normalized spacial score (nSPS) is 12.1. The highest BCUT2D eigenvalue weighted by Gasteiger charge is 2.11. The summed E-state index contributed by atoms with van der Waals surface area (Å²) in [5.41, 5.74) is 3.12. The van der Waals surface area contributed by atoms with Gasteiger partial charge >= 0.3 is 0 Å². The van der Waals surface area contributed by atoms with Gasteiger partial charge in [-0.25, -0.2) is 0 Å². The number of nitrogens with one attached hydrogen (secondary N) is 1. The van der Waals surface area contributed by atoms with Crippen molar-refractivity contribution in [2.24, 2.45) is 0 Å². The summed E-state index contributed by atoms with van der Waals surface area (Å²) < 4.78 is 5.16. The molecule has 1 aromatic carbocycles. The van der Waals surface area contributed by atoms with Crippen molar-refractivity contribution < 1.29 is 4.74 Å². The molecule has 0 saturated heterocycles. The minimum atomic E-state index is 0.120. The molecule has 2 aromatic rings. The summed E-state index contributed by atoms with van der Waals surface area (Å²) in [5.74, 6) is 1.61. The van der Waals surface area contributed by atoms with Crippen LogP contribution in [-0.4, -0.2) is 17.3 Å². The summed E-state index contributed by atoms with van der Waals surface area (Å²) in [6, 6.07) is 8.07. The van der Waals surface area contributed by atoms with E-state index < -0.39 is 0 Å². The largest absolute Gasteiger partial charge is 0.497 e. The molecule has 1 unspecified atom stereocenters. The van der Waals surface area contributed by atoms with Gasteiger partial charge in [0.15, 0.2) is 11.0 Å². The summed E-state index contributed by atoms with van der Waals surface area (Å²) >= 11 is 5.96. The van der Waals surface area contributed by atoms with Gasteiger partial charge in [0, 0.05) is 0 Å². The molecule has 1 N–H and O–H groups in total. The second-order valence-electron chi connectivity index (χ2n) is 4.73. The summed E-state index contributed by atoms with van der Waals surface area (Å²) in [6.45, 7) is 6.00. The predicted molar refractivity (Wildman–Crippen MR) is 81.5 cm³/mol. The highest BCUT2D eigenvalue weighted by atomic mass is 35.5. The Hall–Kier alpha value is -1.81. The number of hydrogen-bond acceptors (Lipinski definition) is 4. The highest BCUT2D eigenvalue weighted by Crippen LogP contribution is 2.25. The first-order valence-electron chi connectivity index (χ1n) is 6.42. The highest BCUT2D eigenvalue weighted by molar-refractivity contribution is 6.30. The molecule has 5 heteroatoms. The third kappa shape index (κ3) is 3.02. The lowest BCUT2D eigenvalue weighted by molar-refractivity contribution is 0.414. The number of rotatable bonds is 4. The first kappa shape index (κ1) is 14.6. The standard InChI is InChI=1S/C15H18ClN3O/c1-9-10(2)15(19-18-14(9)16)17-11(3)12-5-7-13(20-4)8-6-12/h5-8,11H,1-4H3,(H,17,19). The number of aromatic nitrogens is 2. The summed E-state index contributed by atoms with van der Waals surface area (Å²) in [7, 11) is 1.66. The molecule has 0 amide bonds. The van der Waals surface area contributed by atoms with Gasteiger partial charge in [-0.15, -0.1) is 10.2 Å². The third-order valence-electron chi connectivity index (χ3n) is 3.43. The van der Waals surface area contributed by atoms with Gasteiger partial charge in [-0.2, -0.15) is 0 Å². The van der Waals surface area contributed by atoms with Gasteiger partial charge in [0.05, 0.1) is 13.2 Å². The lowest BCUT2D eigenvalue weighted by Gasteiger charge is -2.17. The van der Waals surface area contributed by atoms with E-state index in [1.165, 1.54) is 0 Å². The van der Waals surface area contributed by atoms with E-state index in [2.05, 4.69) is 22.4 Å². The molecule has 2 rings (SSSR count). The fraction of sp³-hybridized carbons (Fsp3) is 0.333. The van der Waals surface area contributed by atoms with E-state index in [1.54, 1.807) is 7.11 Å². The summed E-state index contributed by atoms with van der Waals surface area (Å²) in [4.78, 5) is 0. The number of ether oxygens (including phenoxy) is 1. The Morgan fingerprint density at radius 3 is 2.35 bits per heavy atom. The van der Waals surface area contributed by atoms with Gasteiger partial charge in [-0.05, 0) is 49.6 Å². The Balaban J connectivity index is 2.18. The fourth-order valence-electron chi connectivity index (χ4n) is 1.89. The number of methoxy groups -OCH3 is 1. The summed E-state index contributed by atoms with van der Waals surface area (Å²) in [5, 5.41) is 11.9. The zero-order chi connectivity index (χ0) is 14.7. The van der Waals surface area contributed by atoms with E-state index in [4.69, 9.17) is 16.3 Å². The molecule has 0 aliphatic rings. The van der Waals surface area contributed by atoms with Gasteiger partial charge < -0.3 is 10.1 Å². The van der Waals surface area contributed by atoms with Crippen LogP contribution in [0.5, 0.6) is 5.75 Å². The summed E-state index contributed by atoms with van der Waals surface area (Å²) in [6.07, 6.45) is 0. The van der Waals surface area contributed by atoms with Crippen molar-refractivity contribution in [1.29, 1.82) is 0 Å². The van der Waals surface area contributed by atoms with Crippen molar-refractivity contribution in [2.45, 2.75) is 26.8 Å². The molecule has 0 bridgehead atoms. The maximum atomic E-state index is 5.96. The molecule has 0 radical (unpaired) electrons. The van der Waals surface area contributed by atoms with Crippen molar-refractivity contribution in [3.8, 4) is 5.75 Å². The Bertz CT molecular complexity index is 599. The van der Waals surface area contributed by atoms with Crippen LogP contribution < -0.4 is 10.1 Å². The van der Waals surface area contributed by atoms with E-state index in [0.29, 0.717) is 5.15 Å². The first-order valence-corrected chi connectivity index (χ1v) is 6.80. The fourth-order valence-corrected chi connectivity index (χ4v) is 2.07. The van der Waals surface area contributed by atoms with Crippen LogP contribution in [0.3, 0.4) is 0 Å². The zero-order valence-corrected chi connectivity index (χ0v) is 12.8. The van der Waals surface area contributed by atoms with Crippen LogP contribution in [0.4, 0.5) is 5.82 Å². The molecule has 20 heavy (non-hydrogen) atoms. The second kappa shape index (κ2) is 6.09. The average Bonchev–Trinajstić information content (AvgIpc) is 2.48. The van der Waals surface area contributed by atoms with Crippen molar-refractivity contribution >= 4 is 17.4 Å². The van der Waals surface area contributed by atoms with Gasteiger partial charge in [0.25, 0.3) is 0 Å². The van der Waals surface area contributed by atoms with Crippen molar-refractivity contribution in [3.05, 3.63) is 46.1 Å². The predicted octanol–water partition coefficient (Wildman–Crippen LogP) is 3.93. The average molecular weight is 292 g/mol. The van der Waals surface area contributed by atoms with Gasteiger partial charge in [-0.1, -0.05) is 23.7 Å². The molecule has 1 aromatic heterocycles. The van der Waals surface area contributed by atoms with Gasteiger partial charge in [0.2, 0.25) is 0 Å². The van der Waals surface area contributed by atoms with Crippen LogP contribution in [-0.2, 0) is 0 Å². The lowest BCUT2D eigenvalue weighted by atomic mass is 10.1. The van der Waals surface area contributed by atoms with E-state index >= 15 is 0 Å². The molecule has 0 aliphatic carbocycles. The first-order chi connectivity index (χ1) is 9.52. The molecule has 0 saturated carbocycles. The van der Waals surface area contributed by atoms with Crippen molar-refractivity contribution in [2.75, 3.05) is 12.4 Å². The maximum Gasteiger partial charge on any atom is 0.155 e. The van der Waals surface area contributed by atoms with Crippen molar-refractivity contribution in [3.63, 3.8) is 0 Å². The molecule has 0 fully saturated rings. The minimum Gasteiger partial charge on any atom is -0.497 e. The topological polar surface area (TPSA) is 47.0 Å². The van der Waals surface area contributed by atoms with Gasteiger partial charge in [-0.3, -0.25) is 0 Å². The molecule has 1 heterocycles. The number of nitrogens with zero attached hydrogens (tertiary/aromatic N) is 2. The third-order valence-corrected chi connectivity index (χ3v) is 3.79. The van der Waals surface area contributed by atoms with E-state index in [-0.39, 0.29) is 6.04 Å². The number of anilines is 1. The molecule has 0 spiro atoms. The monoisotopic (exact) mass is 291 g/mol. The molecule has 0 aliphatic heterocycles. The van der Waals surface area contributed by atoms with Crippen LogP contribution in [0.25, 0.3) is 0 Å². The number of halogens is 1. The van der Waals surface area contributed by atoms with Crippen LogP contribution in [0.1, 0.15) is 29.7 Å². The van der Waals surface area contributed by atoms with Crippen LogP contribution in [0, 0.1) is 13.8 Å². The quantitative estimate of drug-likeness (QED) is 0.927. The zero-order valence-electron chi connectivity index (χ0n) is 12.1. The Morgan fingerprint density at radius 1 is 1.10 bits per heavy atom. The Labute approximate surface area is 124 Å². The Morgan fingerprint density at radius 2 is 1.75 bits per heavy atom. The van der Waals surface area contributed by atoms with Crippen molar-refractivity contribution in [1.82, 2.24) is 10.2 Å². The van der Waals surface area contributed by atoms with Gasteiger partial charge in [0.1, 0.15) is 5.75 Å². The van der Waals surface area contributed by atoms with E-state index in [1.807, 2.05) is 38.1 Å². The lowest BCUT2D eigenvalue weighted by Crippen LogP contribution is -2.10. The molecule has 1 atom stereocenters. The number of hydrogen-bond donors (Lipinski definition) is 1. The second-order valence-corrected chi connectivity index (χ2v) is 5.09.